The second-order valence-corrected chi connectivity index (χ2v) is 9.09. The number of benzene rings is 1. The van der Waals surface area contributed by atoms with E-state index in [1.54, 1.807) is 6.20 Å². The standard InChI is InChI=1S/C25H29FN6O3/c1-2-4-18(14-27)29-24(34)21-5-3-11-32(21)25(35)22(16-6-7-16)30-23(33)17-8-9-20(19(26)13-17)31-12-10-28-15-31/h8-10,12-13,15-16,18,21-22H,2-7,11H2,1H3,(H,29,34)(H,30,33). The third-order valence-electron chi connectivity index (χ3n) is 6.53. The number of aromatic nitrogens is 2. The zero-order valence-electron chi connectivity index (χ0n) is 19.6. The fraction of sp³-hybridized carbons (Fsp3) is 0.480. The number of carbonyl (C=O) groups is 3. The van der Waals surface area contributed by atoms with Crippen molar-refractivity contribution in [3.8, 4) is 11.8 Å². The Morgan fingerprint density at radius 1 is 1.26 bits per heavy atom. The van der Waals surface area contributed by atoms with Gasteiger partial charge in [-0.05, 0) is 56.2 Å². The van der Waals surface area contributed by atoms with Gasteiger partial charge >= 0.3 is 0 Å². The summed E-state index contributed by atoms with van der Waals surface area (Å²) in [5.74, 6) is -1.79. The Hall–Kier alpha value is -3.74. The molecule has 1 aromatic heterocycles. The molecule has 1 saturated heterocycles. The molecule has 4 rings (SSSR count). The molecule has 3 atom stereocenters. The fourth-order valence-electron chi connectivity index (χ4n) is 4.50. The van der Waals surface area contributed by atoms with Gasteiger partial charge in [-0.2, -0.15) is 5.26 Å². The van der Waals surface area contributed by atoms with Crippen molar-refractivity contribution in [3.63, 3.8) is 0 Å². The van der Waals surface area contributed by atoms with E-state index in [1.807, 2.05) is 6.92 Å². The number of rotatable bonds is 9. The van der Waals surface area contributed by atoms with Crippen LogP contribution in [0.1, 0.15) is 55.8 Å². The molecule has 0 bridgehead atoms. The molecule has 3 unspecified atom stereocenters. The SMILES string of the molecule is CCCC(C#N)NC(=O)C1CCCN1C(=O)C(NC(=O)c1ccc(-n2ccnc2)c(F)c1)C1CC1. The van der Waals surface area contributed by atoms with E-state index in [-0.39, 0.29) is 29.0 Å². The van der Waals surface area contributed by atoms with Gasteiger partial charge in [-0.1, -0.05) is 13.3 Å². The van der Waals surface area contributed by atoms with E-state index in [2.05, 4.69) is 21.7 Å². The molecule has 35 heavy (non-hydrogen) atoms. The number of carbonyl (C=O) groups excluding carboxylic acids is 3. The van der Waals surface area contributed by atoms with Crippen molar-refractivity contribution in [2.45, 2.75) is 63.6 Å². The molecule has 2 aromatic rings. The predicted octanol–water partition coefficient (Wildman–Crippen LogP) is 2.32. The van der Waals surface area contributed by atoms with Gasteiger partial charge in [0, 0.05) is 24.5 Å². The van der Waals surface area contributed by atoms with Crippen molar-refractivity contribution >= 4 is 17.7 Å². The average molecular weight is 481 g/mol. The first-order chi connectivity index (χ1) is 16.9. The first kappa shape index (κ1) is 24.4. The van der Waals surface area contributed by atoms with Gasteiger partial charge in [0.2, 0.25) is 11.8 Å². The minimum Gasteiger partial charge on any atom is -0.340 e. The maximum atomic E-state index is 14.6. The molecular weight excluding hydrogens is 451 g/mol. The number of imidazole rings is 1. The fourth-order valence-corrected chi connectivity index (χ4v) is 4.50. The van der Waals surface area contributed by atoms with Gasteiger partial charge in [0.1, 0.15) is 23.9 Å². The normalized spacial score (nSPS) is 19.0. The van der Waals surface area contributed by atoms with Crippen LogP contribution >= 0.6 is 0 Å². The number of halogens is 1. The highest BCUT2D eigenvalue weighted by Gasteiger charge is 2.44. The van der Waals surface area contributed by atoms with Crippen molar-refractivity contribution in [3.05, 3.63) is 48.3 Å². The highest BCUT2D eigenvalue weighted by Crippen LogP contribution is 2.35. The smallest absolute Gasteiger partial charge is 0.252 e. The predicted molar refractivity (Wildman–Crippen MR) is 125 cm³/mol. The Labute approximate surface area is 203 Å². The second kappa shape index (κ2) is 10.7. The second-order valence-electron chi connectivity index (χ2n) is 9.09. The molecule has 2 N–H and O–H groups in total. The quantitative estimate of drug-likeness (QED) is 0.571. The van der Waals surface area contributed by atoms with E-state index in [0.717, 1.165) is 25.3 Å². The molecule has 9 nitrogen and oxygen atoms in total. The Bertz CT molecular complexity index is 1120. The van der Waals surface area contributed by atoms with Gasteiger partial charge in [-0.25, -0.2) is 9.37 Å². The van der Waals surface area contributed by atoms with Crippen LogP contribution in [0, 0.1) is 23.1 Å². The monoisotopic (exact) mass is 480 g/mol. The van der Waals surface area contributed by atoms with E-state index in [1.165, 1.54) is 34.1 Å². The lowest BCUT2D eigenvalue weighted by atomic mass is 10.1. The molecule has 1 aromatic carbocycles. The molecule has 10 heteroatoms. The minimum atomic E-state index is -0.783. The van der Waals surface area contributed by atoms with E-state index in [4.69, 9.17) is 0 Å². The van der Waals surface area contributed by atoms with E-state index < -0.39 is 29.8 Å². The third kappa shape index (κ3) is 5.50. The van der Waals surface area contributed by atoms with Crippen molar-refractivity contribution in [1.29, 1.82) is 5.26 Å². The molecule has 184 valence electrons. The summed E-state index contributed by atoms with van der Waals surface area (Å²) in [5, 5.41) is 14.8. The van der Waals surface area contributed by atoms with Crippen LogP contribution in [-0.4, -0.2) is 56.8 Å². The molecule has 0 radical (unpaired) electrons. The summed E-state index contributed by atoms with van der Waals surface area (Å²) in [7, 11) is 0. The highest BCUT2D eigenvalue weighted by molar-refractivity contribution is 5.99. The molecule has 3 amide bonds. The summed E-state index contributed by atoms with van der Waals surface area (Å²) in [5.41, 5.74) is 0.371. The van der Waals surface area contributed by atoms with Crippen LogP contribution < -0.4 is 10.6 Å². The lowest BCUT2D eigenvalue weighted by molar-refractivity contribution is -0.140. The molecule has 0 spiro atoms. The lowest BCUT2D eigenvalue weighted by Gasteiger charge is -2.29. The Balaban J connectivity index is 1.45. The van der Waals surface area contributed by atoms with Crippen LogP contribution in [0.3, 0.4) is 0 Å². The largest absolute Gasteiger partial charge is 0.340 e. The number of hydrogen-bond acceptors (Lipinski definition) is 5. The van der Waals surface area contributed by atoms with Crippen LogP contribution in [0.4, 0.5) is 4.39 Å². The van der Waals surface area contributed by atoms with Crippen molar-refractivity contribution in [2.24, 2.45) is 5.92 Å². The molecule has 1 aliphatic carbocycles. The van der Waals surface area contributed by atoms with Crippen LogP contribution in [-0.2, 0) is 9.59 Å². The summed E-state index contributed by atoms with van der Waals surface area (Å²) < 4.78 is 16.1. The summed E-state index contributed by atoms with van der Waals surface area (Å²) >= 11 is 0. The third-order valence-corrected chi connectivity index (χ3v) is 6.53. The van der Waals surface area contributed by atoms with E-state index in [9.17, 15) is 24.0 Å². The van der Waals surface area contributed by atoms with Crippen LogP contribution in [0.15, 0.2) is 36.9 Å². The number of nitrogens with one attached hydrogen (secondary N) is 2. The summed E-state index contributed by atoms with van der Waals surface area (Å²) in [4.78, 5) is 44.6. The van der Waals surface area contributed by atoms with Crippen LogP contribution in [0.2, 0.25) is 0 Å². The Morgan fingerprint density at radius 2 is 2.06 bits per heavy atom. The van der Waals surface area contributed by atoms with Gasteiger partial charge in [0.15, 0.2) is 0 Å². The Kier molecular flexibility index (Phi) is 7.44. The average Bonchev–Trinajstić information content (AvgIpc) is 3.32. The highest BCUT2D eigenvalue weighted by atomic mass is 19.1. The minimum absolute atomic E-state index is 0.0159. The van der Waals surface area contributed by atoms with Crippen molar-refractivity contribution in [2.75, 3.05) is 6.54 Å². The summed E-state index contributed by atoms with van der Waals surface area (Å²) in [6, 6.07) is 4.18. The zero-order chi connectivity index (χ0) is 24.9. The van der Waals surface area contributed by atoms with Gasteiger partial charge in [0.05, 0.1) is 18.1 Å². The number of nitrogens with zero attached hydrogens (tertiary/aromatic N) is 4. The molecule has 1 saturated carbocycles. The van der Waals surface area contributed by atoms with Crippen molar-refractivity contribution in [1.82, 2.24) is 25.1 Å². The van der Waals surface area contributed by atoms with Crippen molar-refractivity contribution < 1.29 is 18.8 Å². The first-order valence-corrected chi connectivity index (χ1v) is 12.0. The van der Waals surface area contributed by atoms with E-state index in [0.29, 0.717) is 25.8 Å². The van der Waals surface area contributed by atoms with Gasteiger partial charge in [0.25, 0.3) is 5.91 Å². The first-order valence-electron chi connectivity index (χ1n) is 12.0. The Morgan fingerprint density at radius 3 is 2.69 bits per heavy atom. The molecule has 2 fully saturated rings. The lowest BCUT2D eigenvalue weighted by Crippen LogP contribution is -2.55. The van der Waals surface area contributed by atoms with Gasteiger partial charge in [-0.3, -0.25) is 14.4 Å². The van der Waals surface area contributed by atoms with Gasteiger partial charge < -0.3 is 20.1 Å². The summed E-state index contributed by atoms with van der Waals surface area (Å²) in [6.45, 7) is 2.34. The van der Waals surface area contributed by atoms with E-state index >= 15 is 0 Å². The number of hydrogen-bond donors (Lipinski definition) is 2. The molecule has 2 heterocycles. The number of amides is 3. The zero-order valence-corrected chi connectivity index (χ0v) is 19.6. The number of nitriles is 1. The molecule has 1 aliphatic heterocycles. The molecule has 2 aliphatic rings. The summed E-state index contributed by atoms with van der Waals surface area (Å²) in [6.07, 6.45) is 8.65. The van der Waals surface area contributed by atoms with Gasteiger partial charge in [-0.15, -0.1) is 0 Å². The maximum absolute atomic E-state index is 14.6. The topological polar surface area (TPSA) is 120 Å². The van der Waals surface area contributed by atoms with Crippen LogP contribution in [0.5, 0.6) is 0 Å². The van der Waals surface area contributed by atoms with Crippen LogP contribution in [0.25, 0.3) is 5.69 Å². The molecular formula is C25H29FN6O3. The number of likely N-dealkylation sites (tertiary alicyclic amines) is 1. The maximum Gasteiger partial charge on any atom is 0.252 e.